The van der Waals surface area contributed by atoms with Gasteiger partial charge in [0.25, 0.3) is 0 Å². The average Bonchev–Trinajstić information content (AvgIpc) is 2.69. The van der Waals surface area contributed by atoms with E-state index in [-0.39, 0.29) is 23.1 Å². The van der Waals surface area contributed by atoms with E-state index in [4.69, 9.17) is 5.26 Å². The molecule has 1 aromatic rings. The van der Waals surface area contributed by atoms with E-state index in [0.717, 1.165) is 5.56 Å². The van der Waals surface area contributed by atoms with Crippen molar-refractivity contribution in [3.63, 3.8) is 0 Å². The maximum atomic E-state index is 12.7. The summed E-state index contributed by atoms with van der Waals surface area (Å²) in [7, 11) is 0. The van der Waals surface area contributed by atoms with Gasteiger partial charge in [0.15, 0.2) is 0 Å². The molecule has 1 nitrogen and oxygen atoms in total. The highest BCUT2D eigenvalue weighted by Gasteiger charge is 2.58. The molecule has 0 radical (unpaired) electrons. The molecule has 0 N–H and O–H groups in total. The van der Waals surface area contributed by atoms with Crippen molar-refractivity contribution < 1.29 is 4.39 Å². The Morgan fingerprint density at radius 2 is 1.86 bits per heavy atom. The molecule has 1 fully saturated rings. The Kier molecular flexibility index (Phi) is 1.85. The van der Waals surface area contributed by atoms with Crippen LogP contribution in [0.15, 0.2) is 24.3 Å². The number of nitriles is 1. The lowest BCUT2D eigenvalue weighted by atomic mass is 10.0. The molecule has 0 bridgehead atoms. The summed E-state index contributed by atoms with van der Waals surface area (Å²) in [6, 6.07) is 8.77. The molecular formula is C12H12FN. The standard InChI is InChI=1S/C12H12FN/c1-12(2)10(7-14)11(12)8-3-5-9(13)6-4-8/h3-6,10-11H,1-2H3/t10-,11-/m0/s1. The molecular weight excluding hydrogens is 177 g/mol. The highest BCUT2D eigenvalue weighted by Crippen LogP contribution is 2.63. The van der Waals surface area contributed by atoms with Crippen molar-refractivity contribution in [1.82, 2.24) is 0 Å². The summed E-state index contributed by atoms with van der Waals surface area (Å²) in [5.41, 5.74) is 1.12. The van der Waals surface area contributed by atoms with E-state index < -0.39 is 0 Å². The van der Waals surface area contributed by atoms with Crippen LogP contribution < -0.4 is 0 Å². The molecule has 0 unspecified atom stereocenters. The summed E-state index contributed by atoms with van der Waals surface area (Å²) in [5, 5.41) is 8.90. The zero-order valence-electron chi connectivity index (χ0n) is 8.29. The van der Waals surface area contributed by atoms with Crippen LogP contribution in [0.2, 0.25) is 0 Å². The van der Waals surface area contributed by atoms with Crippen LogP contribution in [0.4, 0.5) is 4.39 Å². The van der Waals surface area contributed by atoms with E-state index in [9.17, 15) is 4.39 Å². The Morgan fingerprint density at radius 3 is 2.29 bits per heavy atom. The predicted molar refractivity (Wildman–Crippen MR) is 52.0 cm³/mol. The van der Waals surface area contributed by atoms with Crippen LogP contribution in [0.1, 0.15) is 25.3 Å². The molecule has 2 heteroatoms. The van der Waals surface area contributed by atoms with Crippen molar-refractivity contribution >= 4 is 0 Å². The van der Waals surface area contributed by atoms with Crippen molar-refractivity contribution in [2.75, 3.05) is 0 Å². The highest BCUT2D eigenvalue weighted by molar-refractivity contribution is 5.35. The number of hydrogen-bond donors (Lipinski definition) is 0. The second-order valence-electron chi connectivity index (χ2n) is 4.46. The van der Waals surface area contributed by atoms with E-state index in [1.165, 1.54) is 12.1 Å². The van der Waals surface area contributed by atoms with Gasteiger partial charge in [-0.05, 0) is 23.1 Å². The van der Waals surface area contributed by atoms with Crippen LogP contribution in [-0.2, 0) is 0 Å². The topological polar surface area (TPSA) is 23.8 Å². The minimum absolute atomic E-state index is 0.0482. The van der Waals surface area contributed by atoms with Crippen molar-refractivity contribution in [2.45, 2.75) is 19.8 Å². The fourth-order valence-electron chi connectivity index (χ4n) is 2.17. The largest absolute Gasteiger partial charge is 0.207 e. The molecule has 2 rings (SSSR count). The minimum atomic E-state index is -0.222. The van der Waals surface area contributed by atoms with E-state index in [1.54, 1.807) is 12.1 Å². The van der Waals surface area contributed by atoms with Crippen LogP contribution in [-0.4, -0.2) is 0 Å². The summed E-state index contributed by atoms with van der Waals surface area (Å²) in [4.78, 5) is 0. The Labute approximate surface area is 83.2 Å². The molecule has 0 saturated heterocycles. The third-order valence-corrected chi connectivity index (χ3v) is 3.20. The Bertz CT molecular complexity index is 386. The molecule has 14 heavy (non-hydrogen) atoms. The van der Waals surface area contributed by atoms with E-state index in [0.29, 0.717) is 0 Å². The van der Waals surface area contributed by atoms with E-state index >= 15 is 0 Å². The second-order valence-corrected chi connectivity index (χ2v) is 4.46. The number of rotatable bonds is 1. The molecule has 2 atom stereocenters. The van der Waals surface area contributed by atoms with Crippen LogP contribution in [0.5, 0.6) is 0 Å². The van der Waals surface area contributed by atoms with Crippen LogP contribution in [0, 0.1) is 28.5 Å². The molecule has 0 spiro atoms. The minimum Gasteiger partial charge on any atom is -0.207 e. The van der Waals surface area contributed by atoms with Crippen LogP contribution >= 0.6 is 0 Å². The Hall–Kier alpha value is -1.36. The number of halogens is 1. The molecule has 1 saturated carbocycles. The van der Waals surface area contributed by atoms with Gasteiger partial charge in [-0.25, -0.2) is 4.39 Å². The molecule has 0 aliphatic heterocycles. The summed E-state index contributed by atoms with van der Waals surface area (Å²) < 4.78 is 12.7. The van der Waals surface area contributed by atoms with Gasteiger partial charge in [0.2, 0.25) is 0 Å². The lowest BCUT2D eigenvalue weighted by Gasteiger charge is -2.01. The van der Waals surface area contributed by atoms with Crippen molar-refractivity contribution in [2.24, 2.45) is 11.3 Å². The summed E-state index contributed by atoms with van der Waals surface area (Å²) in [5.74, 6) is 0.127. The monoisotopic (exact) mass is 189 g/mol. The van der Waals surface area contributed by atoms with Gasteiger partial charge in [-0.2, -0.15) is 5.26 Å². The third kappa shape index (κ3) is 1.21. The van der Waals surface area contributed by atoms with Gasteiger partial charge in [0.05, 0.1) is 12.0 Å². The van der Waals surface area contributed by atoms with Crippen molar-refractivity contribution in [3.8, 4) is 6.07 Å². The first-order valence-electron chi connectivity index (χ1n) is 4.72. The zero-order chi connectivity index (χ0) is 10.3. The maximum absolute atomic E-state index is 12.7. The normalized spacial score (nSPS) is 28.1. The molecule has 72 valence electrons. The molecule has 0 amide bonds. The number of hydrogen-bond acceptors (Lipinski definition) is 1. The lowest BCUT2D eigenvalue weighted by molar-refractivity contribution is 0.594. The lowest BCUT2D eigenvalue weighted by Crippen LogP contribution is -1.90. The van der Waals surface area contributed by atoms with E-state index in [2.05, 4.69) is 19.9 Å². The first-order valence-corrected chi connectivity index (χ1v) is 4.72. The number of benzene rings is 1. The Morgan fingerprint density at radius 1 is 1.29 bits per heavy atom. The van der Waals surface area contributed by atoms with Crippen LogP contribution in [0.25, 0.3) is 0 Å². The van der Waals surface area contributed by atoms with Crippen molar-refractivity contribution in [3.05, 3.63) is 35.6 Å². The summed E-state index contributed by atoms with van der Waals surface area (Å²) >= 11 is 0. The van der Waals surface area contributed by atoms with Gasteiger partial charge < -0.3 is 0 Å². The maximum Gasteiger partial charge on any atom is 0.123 e. The van der Waals surface area contributed by atoms with Gasteiger partial charge in [-0.1, -0.05) is 26.0 Å². The first-order chi connectivity index (χ1) is 6.57. The molecule has 0 aromatic heterocycles. The van der Waals surface area contributed by atoms with Gasteiger partial charge in [-0.15, -0.1) is 0 Å². The Balaban J connectivity index is 2.28. The fourth-order valence-corrected chi connectivity index (χ4v) is 2.17. The molecule has 0 heterocycles. The smallest absolute Gasteiger partial charge is 0.123 e. The molecule has 1 aliphatic carbocycles. The second kappa shape index (κ2) is 2.81. The van der Waals surface area contributed by atoms with Gasteiger partial charge in [0.1, 0.15) is 5.82 Å². The van der Waals surface area contributed by atoms with Gasteiger partial charge in [0, 0.05) is 5.92 Å². The fraction of sp³-hybridized carbons (Fsp3) is 0.417. The number of nitrogens with zero attached hydrogens (tertiary/aromatic N) is 1. The first kappa shape index (κ1) is 9.21. The third-order valence-electron chi connectivity index (χ3n) is 3.20. The van der Waals surface area contributed by atoms with Crippen LogP contribution in [0.3, 0.4) is 0 Å². The molecule has 1 aromatic carbocycles. The quantitative estimate of drug-likeness (QED) is 0.666. The predicted octanol–water partition coefficient (Wildman–Crippen LogP) is 3.09. The SMILES string of the molecule is CC1(C)[C@@H](C#N)[C@@H]1c1ccc(F)cc1. The van der Waals surface area contributed by atoms with Crippen molar-refractivity contribution in [1.29, 1.82) is 5.26 Å². The van der Waals surface area contributed by atoms with Gasteiger partial charge >= 0.3 is 0 Å². The summed E-state index contributed by atoms with van der Waals surface area (Å²) in [6.07, 6.45) is 0. The average molecular weight is 189 g/mol. The van der Waals surface area contributed by atoms with E-state index in [1.807, 2.05) is 0 Å². The zero-order valence-corrected chi connectivity index (χ0v) is 8.29. The molecule has 1 aliphatic rings. The summed E-state index contributed by atoms with van der Waals surface area (Å²) in [6.45, 7) is 4.16. The van der Waals surface area contributed by atoms with Gasteiger partial charge in [-0.3, -0.25) is 0 Å². The highest BCUT2D eigenvalue weighted by atomic mass is 19.1.